The lowest BCUT2D eigenvalue weighted by Gasteiger charge is -2.15. The third-order valence-corrected chi connectivity index (χ3v) is 2.91. The van der Waals surface area contributed by atoms with E-state index in [-0.39, 0.29) is 5.95 Å². The molecule has 1 aliphatic heterocycles. The molecule has 0 aliphatic carbocycles. The summed E-state index contributed by atoms with van der Waals surface area (Å²) in [5.74, 6) is 0.626. The molecule has 98 valence electrons. The van der Waals surface area contributed by atoms with E-state index in [1.807, 2.05) is 6.07 Å². The molecule has 0 spiro atoms. The summed E-state index contributed by atoms with van der Waals surface area (Å²) in [7, 11) is 0. The van der Waals surface area contributed by atoms with Crippen molar-refractivity contribution in [3.63, 3.8) is 0 Å². The highest BCUT2D eigenvalue weighted by molar-refractivity contribution is 5.40. The van der Waals surface area contributed by atoms with Gasteiger partial charge in [0.05, 0.1) is 0 Å². The number of hydrogen-bond donors (Lipinski definition) is 0. The maximum Gasteiger partial charge on any atom is 0.491 e. The predicted octanol–water partition coefficient (Wildman–Crippen LogP) is 0.566. The molecule has 0 atom stereocenters. The summed E-state index contributed by atoms with van der Waals surface area (Å²) in [5.41, 5.74) is 0. The Balaban J connectivity index is 1.91. The molecule has 19 heavy (non-hydrogen) atoms. The minimum atomic E-state index is -0.652. The Morgan fingerprint density at radius 3 is 2.74 bits per heavy atom. The summed E-state index contributed by atoms with van der Waals surface area (Å²) in [6.45, 7) is 1.93. The normalized spacial score (nSPS) is 14.8. The van der Waals surface area contributed by atoms with Gasteiger partial charge in [0, 0.05) is 24.4 Å². The molecule has 0 amide bonds. The van der Waals surface area contributed by atoms with E-state index in [1.54, 1.807) is 6.20 Å². The van der Waals surface area contributed by atoms with Crippen molar-refractivity contribution in [2.45, 2.75) is 12.8 Å². The minimum Gasteiger partial charge on any atom is -0.390 e. The third kappa shape index (κ3) is 2.21. The Bertz CT molecular complexity index is 605. The van der Waals surface area contributed by atoms with Gasteiger partial charge in [0.15, 0.2) is 0 Å². The van der Waals surface area contributed by atoms with Gasteiger partial charge in [0.2, 0.25) is 6.33 Å². The van der Waals surface area contributed by atoms with Crippen LogP contribution in [0.15, 0.2) is 18.6 Å². The fourth-order valence-electron chi connectivity index (χ4n) is 2.01. The summed E-state index contributed by atoms with van der Waals surface area (Å²) in [6.07, 6.45) is 5.15. The molecule has 0 aromatic carbocycles. The van der Waals surface area contributed by atoms with Gasteiger partial charge in [-0.3, -0.25) is 0 Å². The number of nitrogens with zero attached hydrogens (tertiary/aromatic N) is 7. The Hall–Kier alpha value is -2.58. The van der Waals surface area contributed by atoms with Gasteiger partial charge in [-0.25, -0.2) is 4.98 Å². The summed E-state index contributed by atoms with van der Waals surface area (Å²) in [5, 5.41) is 14.3. The first-order valence-electron chi connectivity index (χ1n) is 5.88. The van der Waals surface area contributed by atoms with Gasteiger partial charge in [-0.2, -0.15) is 4.98 Å². The van der Waals surface area contributed by atoms with Crippen LogP contribution in [0.4, 0.5) is 11.8 Å². The minimum absolute atomic E-state index is 0.282. The Morgan fingerprint density at radius 2 is 2.05 bits per heavy atom. The zero-order valence-corrected chi connectivity index (χ0v) is 10.0. The first kappa shape index (κ1) is 11.5. The maximum absolute atomic E-state index is 10.5. The second-order valence-electron chi connectivity index (χ2n) is 4.16. The molecular weight excluding hydrogens is 250 g/mol. The zero-order valence-electron chi connectivity index (χ0n) is 10.0. The highest BCUT2D eigenvalue weighted by atomic mass is 16.6. The summed E-state index contributed by atoms with van der Waals surface area (Å²) in [4.78, 5) is 24.0. The lowest BCUT2D eigenvalue weighted by atomic mass is 10.4. The Morgan fingerprint density at radius 1 is 1.26 bits per heavy atom. The molecule has 1 fully saturated rings. The van der Waals surface area contributed by atoms with Crippen molar-refractivity contribution >= 4 is 11.8 Å². The number of hydrogen-bond acceptors (Lipinski definition) is 7. The van der Waals surface area contributed by atoms with Crippen LogP contribution < -0.4 is 4.90 Å². The average Bonchev–Trinajstić information content (AvgIpc) is 3.10. The average molecular weight is 261 g/mol. The summed E-state index contributed by atoms with van der Waals surface area (Å²) in [6, 6.07) is 1.82. The standard InChI is InChI=1S/C10H11N7O2/c18-17(19)10-12-7-16(14-10)9-11-4-3-8(13-9)15-5-1-2-6-15/h3-4,7H,1-2,5-6H2. The second-order valence-corrected chi connectivity index (χ2v) is 4.16. The maximum atomic E-state index is 10.5. The lowest BCUT2D eigenvalue weighted by molar-refractivity contribution is -0.394. The molecular formula is C10H11N7O2. The summed E-state index contributed by atoms with van der Waals surface area (Å²) >= 11 is 0. The van der Waals surface area contributed by atoms with Crippen molar-refractivity contribution in [3.05, 3.63) is 28.7 Å². The topological polar surface area (TPSA) is 103 Å². The number of anilines is 1. The van der Waals surface area contributed by atoms with Crippen molar-refractivity contribution in [1.29, 1.82) is 0 Å². The van der Waals surface area contributed by atoms with Crippen LogP contribution in [-0.2, 0) is 0 Å². The van der Waals surface area contributed by atoms with Crippen LogP contribution in [0.1, 0.15) is 12.8 Å². The molecule has 1 aliphatic rings. The van der Waals surface area contributed by atoms with Crippen molar-refractivity contribution in [3.8, 4) is 5.95 Å². The fourth-order valence-corrected chi connectivity index (χ4v) is 2.01. The van der Waals surface area contributed by atoms with E-state index in [1.165, 1.54) is 11.0 Å². The highest BCUT2D eigenvalue weighted by Gasteiger charge is 2.18. The van der Waals surface area contributed by atoms with Gasteiger partial charge in [0.1, 0.15) is 5.82 Å². The Kier molecular flexibility index (Phi) is 2.78. The molecule has 3 rings (SSSR count). The van der Waals surface area contributed by atoms with Crippen LogP contribution in [0.25, 0.3) is 5.95 Å². The van der Waals surface area contributed by atoms with Crippen molar-refractivity contribution in [2.24, 2.45) is 0 Å². The van der Waals surface area contributed by atoms with Crippen LogP contribution in [0.5, 0.6) is 0 Å². The van der Waals surface area contributed by atoms with Crippen LogP contribution >= 0.6 is 0 Å². The van der Waals surface area contributed by atoms with Crippen molar-refractivity contribution in [1.82, 2.24) is 24.7 Å². The molecule has 9 nitrogen and oxygen atoms in total. The molecule has 0 radical (unpaired) electrons. The van der Waals surface area contributed by atoms with E-state index in [9.17, 15) is 10.1 Å². The molecule has 9 heteroatoms. The second kappa shape index (κ2) is 4.59. The van der Waals surface area contributed by atoms with Gasteiger partial charge >= 0.3 is 5.95 Å². The third-order valence-electron chi connectivity index (χ3n) is 2.91. The predicted molar refractivity (Wildman–Crippen MR) is 65.1 cm³/mol. The van der Waals surface area contributed by atoms with Gasteiger partial charge < -0.3 is 15.0 Å². The first-order chi connectivity index (χ1) is 9.24. The molecule has 1 saturated heterocycles. The van der Waals surface area contributed by atoms with Gasteiger partial charge in [0.25, 0.3) is 5.95 Å². The fraction of sp³-hybridized carbons (Fsp3) is 0.400. The van der Waals surface area contributed by atoms with E-state index >= 15 is 0 Å². The molecule has 0 bridgehead atoms. The molecule has 2 aromatic heterocycles. The zero-order chi connectivity index (χ0) is 13.2. The van der Waals surface area contributed by atoms with E-state index in [4.69, 9.17) is 0 Å². The van der Waals surface area contributed by atoms with Crippen molar-refractivity contribution < 1.29 is 4.92 Å². The monoisotopic (exact) mass is 261 g/mol. The molecule has 0 N–H and O–H groups in total. The molecule has 0 unspecified atom stereocenters. The highest BCUT2D eigenvalue weighted by Crippen LogP contribution is 2.17. The van der Waals surface area contributed by atoms with E-state index in [0.717, 1.165) is 31.7 Å². The molecule has 3 heterocycles. The van der Waals surface area contributed by atoms with Gasteiger partial charge in [-0.05, 0) is 23.8 Å². The van der Waals surface area contributed by atoms with E-state index in [2.05, 4.69) is 25.0 Å². The van der Waals surface area contributed by atoms with Gasteiger partial charge in [-0.1, -0.05) is 4.98 Å². The summed E-state index contributed by atoms with van der Waals surface area (Å²) < 4.78 is 1.21. The van der Waals surface area contributed by atoms with Crippen molar-refractivity contribution in [2.75, 3.05) is 18.0 Å². The molecule has 0 saturated carbocycles. The van der Waals surface area contributed by atoms with E-state index < -0.39 is 10.9 Å². The van der Waals surface area contributed by atoms with Gasteiger partial charge in [-0.15, -0.1) is 4.68 Å². The number of aromatic nitrogens is 5. The SMILES string of the molecule is O=[N+]([O-])c1ncn(-c2nccc(N3CCCC3)n2)n1. The Labute approximate surface area is 108 Å². The first-order valence-corrected chi connectivity index (χ1v) is 5.88. The van der Waals surface area contributed by atoms with E-state index in [0.29, 0.717) is 0 Å². The lowest BCUT2D eigenvalue weighted by Crippen LogP contribution is -2.19. The van der Waals surface area contributed by atoms with Crippen LogP contribution in [0.2, 0.25) is 0 Å². The largest absolute Gasteiger partial charge is 0.491 e. The number of nitro groups is 1. The number of rotatable bonds is 3. The van der Waals surface area contributed by atoms with Crippen LogP contribution in [-0.4, -0.2) is 42.7 Å². The molecule has 2 aromatic rings. The smallest absolute Gasteiger partial charge is 0.390 e. The van der Waals surface area contributed by atoms with Crippen LogP contribution in [0, 0.1) is 10.1 Å². The quantitative estimate of drug-likeness (QED) is 0.587. The van der Waals surface area contributed by atoms with Crippen LogP contribution in [0.3, 0.4) is 0 Å².